The van der Waals surface area contributed by atoms with Crippen LogP contribution in [0, 0.1) is 29.5 Å². The largest absolute Gasteiger partial charge is 0.462 e. The number of ketones is 1. The average Bonchev–Trinajstić information content (AvgIpc) is 3.14. The summed E-state index contributed by atoms with van der Waals surface area (Å²) in [7, 11) is 0. The van der Waals surface area contributed by atoms with E-state index in [-0.39, 0.29) is 29.5 Å². The summed E-state index contributed by atoms with van der Waals surface area (Å²) in [4.78, 5) is 36.2. The standard InChI is InChI=1S/C17H15FO5/c18-10-3-1-8(2-4-10)12(19)7-22-16(20)14-9-5-11-13(6-9)23-17(21)15(11)14/h1-4,9,11,13-15H,5-7H2/t9-,11+,13-,14-,15-/m1/s1. The van der Waals surface area contributed by atoms with Gasteiger partial charge in [-0.05, 0) is 43.0 Å². The summed E-state index contributed by atoms with van der Waals surface area (Å²) in [6.45, 7) is -0.399. The second-order valence-corrected chi connectivity index (χ2v) is 6.46. The van der Waals surface area contributed by atoms with Gasteiger partial charge in [0.1, 0.15) is 11.9 Å². The molecule has 0 N–H and O–H groups in total. The lowest BCUT2D eigenvalue weighted by Crippen LogP contribution is -2.34. The first-order chi connectivity index (χ1) is 11.0. The lowest BCUT2D eigenvalue weighted by Gasteiger charge is -2.22. The summed E-state index contributed by atoms with van der Waals surface area (Å²) in [6.07, 6.45) is 1.48. The summed E-state index contributed by atoms with van der Waals surface area (Å²) >= 11 is 0. The fraction of sp³-hybridized carbons (Fsp3) is 0.471. The van der Waals surface area contributed by atoms with Crippen molar-refractivity contribution in [1.82, 2.24) is 0 Å². The zero-order valence-electron chi connectivity index (χ0n) is 12.2. The van der Waals surface area contributed by atoms with Crippen molar-refractivity contribution in [2.24, 2.45) is 23.7 Å². The average molecular weight is 318 g/mol. The molecule has 1 aliphatic heterocycles. The first-order valence-electron chi connectivity index (χ1n) is 7.70. The van der Waals surface area contributed by atoms with Crippen LogP contribution in [0.4, 0.5) is 4.39 Å². The summed E-state index contributed by atoms with van der Waals surface area (Å²) in [6, 6.07) is 5.06. The molecule has 120 valence electrons. The van der Waals surface area contributed by atoms with Gasteiger partial charge in [0.2, 0.25) is 0 Å². The van der Waals surface area contributed by atoms with Crippen LogP contribution < -0.4 is 0 Å². The predicted molar refractivity (Wildman–Crippen MR) is 74.8 cm³/mol. The van der Waals surface area contributed by atoms with Crippen molar-refractivity contribution in [2.45, 2.75) is 18.9 Å². The number of Topliss-reactive ketones (excluding diaryl/α,β-unsaturated/α-hetero) is 1. The van der Waals surface area contributed by atoms with Crippen molar-refractivity contribution in [1.29, 1.82) is 0 Å². The summed E-state index contributed by atoms with van der Waals surface area (Å²) in [5, 5.41) is 0. The van der Waals surface area contributed by atoms with Crippen LogP contribution in [0.25, 0.3) is 0 Å². The molecule has 0 spiro atoms. The summed E-state index contributed by atoms with van der Waals surface area (Å²) in [5.74, 6) is -2.32. The van der Waals surface area contributed by atoms with Crippen LogP contribution in [0.1, 0.15) is 23.2 Å². The monoisotopic (exact) mass is 318 g/mol. The Labute approximate surface area is 131 Å². The topological polar surface area (TPSA) is 69.7 Å². The van der Waals surface area contributed by atoms with E-state index in [0.717, 1.165) is 6.42 Å². The van der Waals surface area contributed by atoms with Gasteiger partial charge >= 0.3 is 11.9 Å². The normalized spacial score (nSPS) is 33.6. The number of esters is 2. The van der Waals surface area contributed by atoms with Crippen LogP contribution in [0.3, 0.4) is 0 Å². The minimum Gasteiger partial charge on any atom is -0.462 e. The second-order valence-electron chi connectivity index (χ2n) is 6.46. The highest BCUT2D eigenvalue weighted by Gasteiger charge is 2.64. The molecule has 1 heterocycles. The molecule has 1 aromatic rings. The molecule has 6 heteroatoms. The Morgan fingerprint density at radius 1 is 1.22 bits per heavy atom. The molecule has 5 nitrogen and oxygen atoms in total. The molecule has 23 heavy (non-hydrogen) atoms. The quantitative estimate of drug-likeness (QED) is 0.625. The smallest absolute Gasteiger partial charge is 0.310 e. The number of halogens is 1. The van der Waals surface area contributed by atoms with Crippen LogP contribution in [-0.4, -0.2) is 30.4 Å². The number of hydrogen-bond acceptors (Lipinski definition) is 5. The van der Waals surface area contributed by atoms with E-state index in [2.05, 4.69) is 0 Å². The molecule has 5 atom stereocenters. The third-order valence-corrected chi connectivity index (χ3v) is 5.27. The van der Waals surface area contributed by atoms with E-state index in [9.17, 15) is 18.8 Å². The van der Waals surface area contributed by atoms with Gasteiger partial charge < -0.3 is 9.47 Å². The van der Waals surface area contributed by atoms with Crippen molar-refractivity contribution in [3.63, 3.8) is 0 Å². The summed E-state index contributed by atoms with van der Waals surface area (Å²) in [5.41, 5.74) is 0.285. The highest BCUT2D eigenvalue weighted by molar-refractivity contribution is 5.98. The molecule has 0 amide bonds. The van der Waals surface area contributed by atoms with Crippen LogP contribution >= 0.6 is 0 Å². The molecule has 1 aromatic carbocycles. The maximum Gasteiger partial charge on any atom is 0.310 e. The van der Waals surface area contributed by atoms with Gasteiger partial charge in [-0.1, -0.05) is 0 Å². The predicted octanol–water partition coefficient (Wildman–Crippen LogP) is 1.75. The zero-order chi connectivity index (χ0) is 16.1. The highest BCUT2D eigenvalue weighted by Crippen LogP contribution is 2.57. The SMILES string of the molecule is O=C(COC(=O)[C@@H]1[C@@H]2C[C@@H]3[C@H]1C(=O)O[C@@H]3C2)c1ccc(F)cc1. The third kappa shape index (κ3) is 2.24. The number of ether oxygens (including phenoxy) is 2. The van der Waals surface area contributed by atoms with Gasteiger partial charge in [0.05, 0.1) is 11.8 Å². The number of benzene rings is 1. The third-order valence-electron chi connectivity index (χ3n) is 5.27. The van der Waals surface area contributed by atoms with Crippen LogP contribution in [0.5, 0.6) is 0 Å². The molecule has 0 radical (unpaired) electrons. The highest BCUT2D eigenvalue weighted by atomic mass is 19.1. The van der Waals surface area contributed by atoms with Crippen molar-refractivity contribution in [2.75, 3.05) is 6.61 Å². The first-order valence-corrected chi connectivity index (χ1v) is 7.70. The molecule has 0 aromatic heterocycles. The summed E-state index contributed by atoms with van der Waals surface area (Å²) < 4.78 is 23.2. The number of carbonyl (C=O) groups excluding carboxylic acids is 3. The zero-order valence-corrected chi connectivity index (χ0v) is 12.2. The molecule has 3 fully saturated rings. The number of fused-ring (bicyclic) bond motifs is 1. The molecule has 2 bridgehead atoms. The maximum atomic E-state index is 12.8. The van der Waals surface area contributed by atoms with E-state index in [0.29, 0.717) is 6.42 Å². The molecule has 2 saturated carbocycles. The molecular formula is C17H15FO5. The Kier molecular flexibility index (Phi) is 3.21. The van der Waals surface area contributed by atoms with Gasteiger partial charge in [-0.2, -0.15) is 0 Å². The van der Waals surface area contributed by atoms with E-state index < -0.39 is 36.0 Å². The van der Waals surface area contributed by atoms with Gasteiger partial charge in [-0.15, -0.1) is 0 Å². The van der Waals surface area contributed by atoms with Crippen molar-refractivity contribution < 1.29 is 28.2 Å². The number of hydrogen-bond donors (Lipinski definition) is 0. The van der Waals surface area contributed by atoms with Gasteiger partial charge in [-0.25, -0.2) is 4.39 Å². The van der Waals surface area contributed by atoms with E-state index >= 15 is 0 Å². The molecule has 2 aliphatic carbocycles. The van der Waals surface area contributed by atoms with Crippen molar-refractivity contribution in [3.8, 4) is 0 Å². The first kappa shape index (κ1) is 14.4. The van der Waals surface area contributed by atoms with E-state index in [1.807, 2.05) is 0 Å². The van der Waals surface area contributed by atoms with E-state index in [1.165, 1.54) is 24.3 Å². The van der Waals surface area contributed by atoms with Gasteiger partial charge in [0.25, 0.3) is 0 Å². The van der Waals surface area contributed by atoms with Crippen LogP contribution in [0.15, 0.2) is 24.3 Å². The second kappa shape index (κ2) is 5.15. The Bertz CT molecular complexity index is 681. The number of rotatable bonds is 4. The van der Waals surface area contributed by atoms with E-state index in [1.54, 1.807) is 0 Å². The minimum atomic E-state index is -0.504. The number of carbonyl (C=O) groups is 3. The van der Waals surface area contributed by atoms with Crippen molar-refractivity contribution >= 4 is 17.7 Å². The van der Waals surface area contributed by atoms with Gasteiger partial charge in [-0.3, -0.25) is 14.4 Å². The van der Waals surface area contributed by atoms with Gasteiger partial charge in [0.15, 0.2) is 12.4 Å². The minimum absolute atomic E-state index is 0.0394. The van der Waals surface area contributed by atoms with Crippen molar-refractivity contribution in [3.05, 3.63) is 35.6 Å². The fourth-order valence-electron chi connectivity index (χ4n) is 4.28. The Balaban J connectivity index is 1.40. The Hall–Kier alpha value is -2.24. The Morgan fingerprint density at radius 3 is 2.70 bits per heavy atom. The maximum absolute atomic E-state index is 12.8. The fourth-order valence-corrected chi connectivity index (χ4v) is 4.28. The molecule has 4 rings (SSSR count). The molecular weight excluding hydrogens is 303 g/mol. The van der Waals surface area contributed by atoms with Crippen LogP contribution in [0.2, 0.25) is 0 Å². The molecule has 0 unspecified atom stereocenters. The van der Waals surface area contributed by atoms with Crippen LogP contribution in [-0.2, 0) is 19.1 Å². The van der Waals surface area contributed by atoms with E-state index in [4.69, 9.17) is 9.47 Å². The molecule has 1 saturated heterocycles. The molecule has 3 aliphatic rings. The lowest BCUT2D eigenvalue weighted by molar-refractivity contribution is -0.154. The Morgan fingerprint density at radius 2 is 1.96 bits per heavy atom. The van der Waals surface area contributed by atoms with Gasteiger partial charge in [0, 0.05) is 11.5 Å². The lowest BCUT2D eigenvalue weighted by atomic mass is 9.80.